The number of fused-ring (bicyclic) bond motifs is 4. The monoisotopic (exact) mass is 582 g/mol. The van der Waals surface area contributed by atoms with Crippen LogP contribution >= 0.6 is 0 Å². The van der Waals surface area contributed by atoms with Gasteiger partial charge in [-0.15, -0.1) is 0 Å². The van der Waals surface area contributed by atoms with Crippen LogP contribution in [0.15, 0.2) is 146 Å². The van der Waals surface area contributed by atoms with Crippen molar-refractivity contribution in [2.75, 3.05) is 0 Å². The van der Waals surface area contributed by atoms with E-state index < -0.39 is 0 Å². The van der Waals surface area contributed by atoms with Crippen LogP contribution in [0, 0.1) is 13.8 Å². The largest absolute Gasteiger partial charge is 0.0683 e. The molecule has 0 aliphatic rings. The molecule has 0 aliphatic carbocycles. The van der Waals surface area contributed by atoms with Crippen LogP contribution in [0.2, 0.25) is 0 Å². The van der Waals surface area contributed by atoms with Gasteiger partial charge in [0.25, 0.3) is 0 Å². The van der Waals surface area contributed by atoms with Crippen LogP contribution in [0.25, 0.3) is 43.1 Å². The highest BCUT2D eigenvalue weighted by atomic mass is 14.1. The van der Waals surface area contributed by atoms with E-state index in [1.807, 2.05) is 55.4 Å². The van der Waals surface area contributed by atoms with Gasteiger partial charge in [-0.3, -0.25) is 0 Å². The van der Waals surface area contributed by atoms with E-state index >= 15 is 0 Å². The number of benzene rings is 7. The minimum atomic E-state index is 1.31. The van der Waals surface area contributed by atoms with Gasteiger partial charge in [0.15, 0.2) is 0 Å². The lowest BCUT2D eigenvalue weighted by Crippen LogP contribution is -1.87. The Morgan fingerprint density at radius 3 is 0.523 bits per heavy atom. The maximum atomic E-state index is 2.21. The third-order valence-corrected chi connectivity index (χ3v) is 6.79. The molecule has 44 heavy (non-hydrogen) atoms. The molecule has 0 amide bonds. The van der Waals surface area contributed by atoms with Crippen LogP contribution < -0.4 is 0 Å². The molecule has 0 aliphatic heterocycles. The van der Waals surface area contributed by atoms with Crippen molar-refractivity contribution < 1.29 is 0 Å². The van der Waals surface area contributed by atoms with E-state index in [2.05, 4.69) is 159 Å². The average molecular weight is 583 g/mol. The lowest BCUT2D eigenvalue weighted by molar-refractivity contribution is 1.50. The maximum absolute atomic E-state index is 2.21. The number of rotatable bonds is 0. The Morgan fingerprint density at radius 1 is 0.227 bits per heavy atom. The molecule has 0 heteroatoms. The first-order valence-electron chi connectivity index (χ1n) is 16.5. The Kier molecular flexibility index (Phi) is 18.9. The summed E-state index contributed by atoms with van der Waals surface area (Å²) in [6, 6.07) is 50.7. The van der Waals surface area contributed by atoms with E-state index in [0.29, 0.717) is 0 Å². The number of hydrogen-bond donors (Lipinski definition) is 0. The van der Waals surface area contributed by atoms with Gasteiger partial charge in [-0.05, 0) is 68.1 Å². The second kappa shape index (κ2) is 22.2. The molecule has 0 spiro atoms. The topological polar surface area (TPSA) is 0 Å². The Morgan fingerprint density at radius 2 is 0.364 bits per heavy atom. The standard InChI is InChI=1S/C16H14.2C10H8.4C2H6/c1-11-13-7-3-5-9-15(13)12(2)16-10-6-4-8-14(11)16;2*1-2-6-10-8-4-3-7-9(10)5-1;4*1-2/h3-10H,1-2H3;2*1-8H;4*1-2H3. The summed E-state index contributed by atoms with van der Waals surface area (Å²) in [5.74, 6) is 0. The smallest absolute Gasteiger partial charge is 0.0146 e. The lowest BCUT2D eigenvalue weighted by atomic mass is 9.93. The molecule has 7 aromatic rings. The van der Waals surface area contributed by atoms with E-state index in [4.69, 9.17) is 0 Å². The van der Waals surface area contributed by atoms with Crippen molar-refractivity contribution >= 4 is 43.1 Å². The molecule has 0 heterocycles. The Hall–Kier alpha value is -4.42. The van der Waals surface area contributed by atoms with Gasteiger partial charge < -0.3 is 0 Å². The van der Waals surface area contributed by atoms with Crippen molar-refractivity contribution in [2.24, 2.45) is 0 Å². The molecule has 0 bridgehead atoms. The third-order valence-electron chi connectivity index (χ3n) is 6.79. The molecule has 0 atom stereocenters. The first-order chi connectivity index (χ1) is 21.7. The Labute approximate surface area is 268 Å². The van der Waals surface area contributed by atoms with Crippen LogP contribution in [0.5, 0.6) is 0 Å². The fourth-order valence-electron chi connectivity index (χ4n) is 4.83. The predicted octanol–water partition coefficient (Wildman–Crippen LogP) is 14.4. The molecule has 0 saturated carbocycles. The summed E-state index contributed by atoms with van der Waals surface area (Å²) in [6.07, 6.45) is 0. The Balaban J connectivity index is 0.000000305. The molecule has 0 radical (unpaired) electrons. The number of hydrogen-bond acceptors (Lipinski definition) is 0. The van der Waals surface area contributed by atoms with E-state index in [1.165, 1.54) is 54.2 Å². The zero-order valence-corrected chi connectivity index (χ0v) is 28.9. The van der Waals surface area contributed by atoms with Gasteiger partial charge in [-0.25, -0.2) is 0 Å². The van der Waals surface area contributed by atoms with E-state index in [-0.39, 0.29) is 0 Å². The molecule has 230 valence electrons. The zero-order chi connectivity index (χ0) is 32.7. The van der Waals surface area contributed by atoms with Crippen LogP contribution in [-0.4, -0.2) is 0 Å². The average Bonchev–Trinajstić information content (AvgIpc) is 3.14. The lowest BCUT2D eigenvalue weighted by Gasteiger charge is -2.11. The molecular formula is C44H54. The molecule has 0 saturated heterocycles. The normalized spacial score (nSPS) is 9.14. The van der Waals surface area contributed by atoms with Crippen molar-refractivity contribution in [3.63, 3.8) is 0 Å². The van der Waals surface area contributed by atoms with Gasteiger partial charge in [0.05, 0.1) is 0 Å². The molecule has 0 aromatic heterocycles. The molecule has 0 fully saturated rings. The third kappa shape index (κ3) is 10.4. The zero-order valence-electron chi connectivity index (χ0n) is 28.9. The van der Waals surface area contributed by atoms with Gasteiger partial charge in [-0.1, -0.05) is 201 Å². The van der Waals surface area contributed by atoms with Crippen LogP contribution in [0.1, 0.15) is 66.5 Å². The summed E-state index contributed by atoms with van der Waals surface area (Å²) >= 11 is 0. The molecule has 7 aromatic carbocycles. The van der Waals surface area contributed by atoms with E-state index in [9.17, 15) is 0 Å². The highest BCUT2D eigenvalue weighted by molar-refractivity contribution is 6.05. The van der Waals surface area contributed by atoms with Crippen molar-refractivity contribution in [1.82, 2.24) is 0 Å². The molecule has 0 nitrogen and oxygen atoms in total. The fraction of sp³-hybridized carbons (Fsp3) is 0.227. The second-order valence-electron chi connectivity index (χ2n) is 9.04. The molecule has 0 N–H and O–H groups in total. The number of aryl methyl sites for hydroxylation is 2. The quantitative estimate of drug-likeness (QED) is 0.156. The van der Waals surface area contributed by atoms with Crippen molar-refractivity contribution in [2.45, 2.75) is 69.2 Å². The predicted molar refractivity (Wildman–Crippen MR) is 204 cm³/mol. The highest BCUT2D eigenvalue weighted by Crippen LogP contribution is 2.31. The summed E-state index contributed by atoms with van der Waals surface area (Å²) in [5.41, 5.74) is 2.77. The summed E-state index contributed by atoms with van der Waals surface area (Å²) in [6.45, 7) is 20.4. The summed E-state index contributed by atoms with van der Waals surface area (Å²) in [5, 5.41) is 10.7. The first kappa shape index (κ1) is 37.6. The summed E-state index contributed by atoms with van der Waals surface area (Å²) in [7, 11) is 0. The molecule has 0 unspecified atom stereocenters. The maximum Gasteiger partial charge on any atom is -0.0146 e. The fourth-order valence-corrected chi connectivity index (χ4v) is 4.83. The molecule has 7 rings (SSSR count). The van der Waals surface area contributed by atoms with Gasteiger partial charge >= 0.3 is 0 Å². The summed E-state index contributed by atoms with van der Waals surface area (Å²) in [4.78, 5) is 0. The minimum absolute atomic E-state index is 1.31. The minimum Gasteiger partial charge on any atom is -0.0683 e. The van der Waals surface area contributed by atoms with Gasteiger partial charge in [0.2, 0.25) is 0 Å². The van der Waals surface area contributed by atoms with E-state index in [1.54, 1.807) is 0 Å². The van der Waals surface area contributed by atoms with Crippen molar-refractivity contribution in [1.29, 1.82) is 0 Å². The molecular weight excluding hydrogens is 528 g/mol. The van der Waals surface area contributed by atoms with Crippen LogP contribution in [0.3, 0.4) is 0 Å². The van der Waals surface area contributed by atoms with Crippen LogP contribution in [0.4, 0.5) is 0 Å². The van der Waals surface area contributed by atoms with Crippen molar-refractivity contribution in [3.05, 3.63) is 157 Å². The van der Waals surface area contributed by atoms with Gasteiger partial charge in [0.1, 0.15) is 0 Å². The van der Waals surface area contributed by atoms with Gasteiger partial charge in [-0.2, -0.15) is 0 Å². The van der Waals surface area contributed by atoms with Gasteiger partial charge in [0, 0.05) is 0 Å². The Bertz CT molecular complexity index is 1440. The van der Waals surface area contributed by atoms with E-state index in [0.717, 1.165) is 0 Å². The second-order valence-corrected chi connectivity index (χ2v) is 9.04. The van der Waals surface area contributed by atoms with Crippen LogP contribution in [-0.2, 0) is 0 Å². The highest BCUT2D eigenvalue weighted by Gasteiger charge is 2.06. The first-order valence-corrected chi connectivity index (χ1v) is 16.5. The SMILES string of the molecule is CC.CC.CC.CC.Cc1c2ccccc2c(C)c2ccccc12.c1ccc2ccccc2c1.c1ccc2ccccc2c1. The summed E-state index contributed by atoms with van der Waals surface area (Å²) < 4.78 is 0. The van der Waals surface area contributed by atoms with Crippen molar-refractivity contribution in [3.8, 4) is 0 Å².